The van der Waals surface area contributed by atoms with Crippen molar-refractivity contribution in [2.75, 3.05) is 19.6 Å². The molecule has 112 valence electrons. The number of aromatic hydroxyl groups is 2. The van der Waals surface area contributed by atoms with E-state index in [9.17, 15) is 10.2 Å². The summed E-state index contributed by atoms with van der Waals surface area (Å²) in [6, 6.07) is 5.37. The van der Waals surface area contributed by atoms with Crippen LogP contribution in [0, 0.1) is 0 Å². The zero-order valence-electron chi connectivity index (χ0n) is 12.5. The Labute approximate surface area is 121 Å². The fourth-order valence-corrected chi connectivity index (χ4v) is 3.00. The molecule has 4 nitrogen and oxygen atoms in total. The number of nitrogens with zero attached hydrogens (tertiary/aromatic N) is 1. The Morgan fingerprint density at radius 1 is 1.35 bits per heavy atom. The third-order valence-electron chi connectivity index (χ3n) is 4.28. The summed E-state index contributed by atoms with van der Waals surface area (Å²) in [6.07, 6.45) is 3.78. The van der Waals surface area contributed by atoms with Crippen LogP contribution >= 0.6 is 0 Å². The Kier molecular flexibility index (Phi) is 5.26. The van der Waals surface area contributed by atoms with Crippen LogP contribution in [-0.4, -0.2) is 40.8 Å². The van der Waals surface area contributed by atoms with E-state index in [-0.39, 0.29) is 17.5 Å². The summed E-state index contributed by atoms with van der Waals surface area (Å²) in [6.45, 7) is 7.23. The van der Waals surface area contributed by atoms with Crippen LogP contribution in [0.4, 0.5) is 0 Å². The van der Waals surface area contributed by atoms with E-state index in [1.807, 2.05) is 0 Å². The summed E-state index contributed by atoms with van der Waals surface area (Å²) < 4.78 is 0. The van der Waals surface area contributed by atoms with Crippen LogP contribution < -0.4 is 5.32 Å². The van der Waals surface area contributed by atoms with Crippen LogP contribution in [0.25, 0.3) is 0 Å². The van der Waals surface area contributed by atoms with E-state index in [2.05, 4.69) is 24.1 Å². The van der Waals surface area contributed by atoms with Crippen LogP contribution in [0.15, 0.2) is 18.2 Å². The van der Waals surface area contributed by atoms with Crippen LogP contribution in [0.1, 0.15) is 44.7 Å². The molecule has 1 aliphatic rings. The maximum Gasteiger partial charge on any atom is 0.120 e. The normalized spacial score (nSPS) is 21.1. The van der Waals surface area contributed by atoms with Gasteiger partial charge in [0.2, 0.25) is 0 Å². The summed E-state index contributed by atoms with van der Waals surface area (Å²) >= 11 is 0. The first-order chi connectivity index (χ1) is 9.61. The van der Waals surface area contributed by atoms with E-state index in [4.69, 9.17) is 0 Å². The molecule has 2 rings (SSSR count). The van der Waals surface area contributed by atoms with E-state index in [1.54, 1.807) is 12.1 Å². The van der Waals surface area contributed by atoms with Crippen molar-refractivity contribution in [3.8, 4) is 11.5 Å². The highest BCUT2D eigenvalue weighted by atomic mass is 16.3. The van der Waals surface area contributed by atoms with Crippen LogP contribution in [-0.2, 0) is 0 Å². The Hall–Kier alpha value is -1.26. The molecule has 1 aliphatic heterocycles. The second-order valence-electron chi connectivity index (χ2n) is 5.65. The Balaban J connectivity index is 2.07. The molecule has 2 unspecified atom stereocenters. The third-order valence-corrected chi connectivity index (χ3v) is 4.28. The van der Waals surface area contributed by atoms with E-state index >= 15 is 0 Å². The summed E-state index contributed by atoms with van der Waals surface area (Å²) in [5.74, 6) is 0.460. The number of rotatable bonds is 5. The molecule has 1 heterocycles. The highest BCUT2D eigenvalue weighted by Gasteiger charge is 2.22. The van der Waals surface area contributed by atoms with Crippen molar-refractivity contribution in [3.63, 3.8) is 0 Å². The third kappa shape index (κ3) is 3.64. The SMILES string of the molecule is CCN(CC1CCCCN1)C(C)c1cc(O)ccc1O. The summed E-state index contributed by atoms with van der Waals surface area (Å²) in [4.78, 5) is 2.34. The summed E-state index contributed by atoms with van der Waals surface area (Å²) in [5, 5.41) is 23.2. The molecule has 0 amide bonds. The smallest absolute Gasteiger partial charge is 0.120 e. The van der Waals surface area contributed by atoms with Crippen molar-refractivity contribution in [2.45, 2.75) is 45.2 Å². The quantitative estimate of drug-likeness (QED) is 0.725. The van der Waals surface area contributed by atoms with Gasteiger partial charge >= 0.3 is 0 Å². The van der Waals surface area contributed by atoms with Crippen molar-refractivity contribution >= 4 is 0 Å². The molecule has 2 atom stereocenters. The van der Waals surface area contributed by atoms with Crippen LogP contribution in [0.5, 0.6) is 11.5 Å². The molecule has 0 bridgehead atoms. The highest BCUT2D eigenvalue weighted by Crippen LogP contribution is 2.31. The number of hydrogen-bond acceptors (Lipinski definition) is 4. The summed E-state index contributed by atoms with van der Waals surface area (Å²) in [7, 11) is 0. The van der Waals surface area contributed by atoms with Gasteiger partial charge in [-0.15, -0.1) is 0 Å². The highest BCUT2D eigenvalue weighted by molar-refractivity contribution is 5.40. The molecule has 3 N–H and O–H groups in total. The fraction of sp³-hybridized carbons (Fsp3) is 0.625. The predicted molar refractivity (Wildman–Crippen MR) is 81.1 cm³/mol. The lowest BCUT2D eigenvalue weighted by atomic mass is 10.0. The van der Waals surface area contributed by atoms with E-state index < -0.39 is 0 Å². The summed E-state index contributed by atoms with van der Waals surface area (Å²) in [5.41, 5.74) is 0.794. The minimum Gasteiger partial charge on any atom is -0.508 e. The number of benzene rings is 1. The molecule has 0 radical (unpaired) electrons. The average molecular weight is 278 g/mol. The molecule has 1 aromatic carbocycles. The predicted octanol–water partition coefficient (Wildman–Crippen LogP) is 2.62. The molecule has 0 saturated carbocycles. The average Bonchev–Trinajstić information content (AvgIpc) is 2.47. The first kappa shape index (κ1) is 15.1. The second kappa shape index (κ2) is 6.95. The minimum absolute atomic E-state index is 0.0934. The van der Waals surface area contributed by atoms with Gasteiger partial charge < -0.3 is 15.5 Å². The molecule has 1 fully saturated rings. The molecule has 0 spiro atoms. The number of likely N-dealkylation sites (N-methyl/N-ethyl adjacent to an activating group) is 1. The number of phenolic OH excluding ortho intramolecular Hbond substituents is 2. The molecule has 1 aromatic rings. The molecule has 0 aromatic heterocycles. The van der Waals surface area contributed by atoms with Crippen LogP contribution in [0.2, 0.25) is 0 Å². The number of hydrogen-bond donors (Lipinski definition) is 3. The van der Waals surface area contributed by atoms with Gasteiger partial charge in [-0.1, -0.05) is 13.3 Å². The van der Waals surface area contributed by atoms with Gasteiger partial charge in [0.15, 0.2) is 0 Å². The van der Waals surface area contributed by atoms with E-state index in [0.717, 1.165) is 25.2 Å². The van der Waals surface area contributed by atoms with Crippen molar-refractivity contribution in [2.24, 2.45) is 0 Å². The Bertz CT molecular complexity index is 430. The molecule has 20 heavy (non-hydrogen) atoms. The molecular formula is C16H26N2O2. The van der Waals surface area contributed by atoms with Gasteiger partial charge in [0.1, 0.15) is 11.5 Å². The lowest BCUT2D eigenvalue weighted by Gasteiger charge is -2.34. The van der Waals surface area contributed by atoms with Crippen molar-refractivity contribution < 1.29 is 10.2 Å². The molecule has 0 aliphatic carbocycles. The monoisotopic (exact) mass is 278 g/mol. The lowest BCUT2D eigenvalue weighted by Crippen LogP contribution is -2.44. The van der Waals surface area contributed by atoms with Gasteiger partial charge in [-0.3, -0.25) is 4.90 Å². The van der Waals surface area contributed by atoms with Gasteiger partial charge in [-0.05, 0) is 51.1 Å². The topological polar surface area (TPSA) is 55.7 Å². The van der Waals surface area contributed by atoms with Crippen molar-refractivity contribution in [1.82, 2.24) is 10.2 Å². The number of nitrogens with one attached hydrogen (secondary N) is 1. The fourth-order valence-electron chi connectivity index (χ4n) is 3.00. The zero-order chi connectivity index (χ0) is 14.5. The van der Waals surface area contributed by atoms with Crippen molar-refractivity contribution in [3.05, 3.63) is 23.8 Å². The van der Waals surface area contributed by atoms with Gasteiger partial charge in [0.25, 0.3) is 0 Å². The van der Waals surface area contributed by atoms with Gasteiger partial charge in [-0.25, -0.2) is 0 Å². The maximum absolute atomic E-state index is 10.0. The van der Waals surface area contributed by atoms with Gasteiger partial charge in [0, 0.05) is 24.2 Å². The van der Waals surface area contributed by atoms with Gasteiger partial charge in [0.05, 0.1) is 0 Å². The lowest BCUT2D eigenvalue weighted by molar-refractivity contribution is 0.182. The number of phenols is 2. The Morgan fingerprint density at radius 2 is 2.15 bits per heavy atom. The molecular weight excluding hydrogens is 252 g/mol. The first-order valence-electron chi connectivity index (χ1n) is 7.61. The van der Waals surface area contributed by atoms with E-state index in [1.165, 1.54) is 25.3 Å². The van der Waals surface area contributed by atoms with Crippen LogP contribution in [0.3, 0.4) is 0 Å². The van der Waals surface area contributed by atoms with Gasteiger partial charge in [-0.2, -0.15) is 0 Å². The largest absolute Gasteiger partial charge is 0.508 e. The first-order valence-corrected chi connectivity index (χ1v) is 7.61. The maximum atomic E-state index is 10.0. The number of piperidine rings is 1. The second-order valence-corrected chi connectivity index (χ2v) is 5.65. The standard InChI is InChI=1S/C16H26N2O2/c1-3-18(11-13-6-4-5-9-17-13)12(2)15-10-14(19)7-8-16(15)20/h7-8,10,12-13,17,19-20H,3-6,9,11H2,1-2H3. The van der Waals surface area contributed by atoms with Crippen molar-refractivity contribution in [1.29, 1.82) is 0 Å². The minimum atomic E-state index is 0.0934. The molecule has 1 saturated heterocycles. The molecule has 4 heteroatoms. The Morgan fingerprint density at radius 3 is 2.80 bits per heavy atom. The van der Waals surface area contributed by atoms with E-state index in [0.29, 0.717) is 6.04 Å². The zero-order valence-corrected chi connectivity index (χ0v) is 12.5.